The third-order valence-electron chi connectivity index (χ3n) is 5.69. The molecule has 0 bridgehead atoms. The molecule has 1 saturated heterocycles. The number of fused-ring (bicyclic) bond motifs is 1. The zero-order chi connectivity index (χ0) is 24.0. The molecule has 0 aliphatic carbocycles. The van der Waals surface area contributed by atoms with E-state index in [4.69, 9.17) is 14.0 Å². The first-order chi connectivity index (χ1) is 16.3. The fourth-order valence-corrected chi connectivity index (χ4v) is 5.19. The molecule has 1 aliphatic rings. The maximum atomic E-state index is 13.6. The topological polar surface area (TPSA) is 79.7 Å². The smallest absolute Gasteiger partial charge is 0.520 e. The third kappa shape index (κ3) is 3.54. The first-order valence-electron chi connectivity index (χ1n) is 10.5. The van der Waals surface area contributed by atoms with E-state index < -0.39 is 17.1 Å². The molecule has 3 heterocycles. The van der Waals surface area contributed by atoms with Gasteiger partial charge in [-0.3, -0.25) is 0 Å². The standard InChI is InChI=1S/C25H21BN2O5S/c1-16-9-11-20(12-10-16)34(29,30)28-15-23(21-7-5-6-8-24(21)31-4)22-13-19(14-27-25(22)28)26-32-17(2)18(3)33-26/h5-15H,2-3H2,1,4H3. The molecule has 7 nitrogen and oxygen atoms in total. The van der Waals surface area contributed by atoms with Crippen molar-refractivity contribution in [3.63, 3.8) is 0 Å². The summed E-state index contributed by atoms with van der Waals surface area (Å²) in [5.41, 5.74) is 3.23. The molecule has 4 aromatic rings. The van der Waals surface area contributed by atoms with E-state index in [2.05, 4.69) is 18.1 Å². The molecule has 170 valence electrons. The predicted molar refractivity (Wildman–Crippen MR) is 131 cm³/mol. The highest BCUT2D eigenvalue weighted by molar-refractivity contribution is 7.90. The summed E-state index contributed by atoms with van der Waals surface area (Å²) in [6.07, 6.45) is 3.11. The molecule has 5 rings (SSSR count). The Bertz CT molecular complexity index is 1540. The van der Waals surface area contributed by atoms with E-state index in [9.17, 15) is 8.42 Å². The Hall–Kier alpha value is -3.98. The molecular weight excluding hydrogens is 451 g/mol. The van der Waals surface area contributed by atoms with Crippen LogP contribution in [0.3, 0.4) is 0 Å². The minimum absolute atomic E-state index is 0.169. The fourth-order valence-electron chi connectivity index (χ4n) is 3.86. The Kier molecular flexibility index (Phi) is 5.21. The number of benzene rings is 2. The van der Waals surface area contributed by atoms with E-state index in [0.29, 0.717) is 33.7 Å². The molecule has 0 amide bonds. The number of rotatable bonds is 5. The Morgan fingerprint density at radius 2 is 1.68 bits per heavy atom. The van der Waals surface area contributed by atoms with Gasteiger partial charge in [-0.15, -0.1) is 0 Å². The lowest BCUT2D eigenvalue weighted by Crippen LogP contribution is -2.31. The Morgan fingerprint density at radius 1 is 1.00 bits per heavy atom. The number of aryl methyl sites for hydroxylation is 1. The first-order valence-corrected chi connectivity index (χ1v) is 11.9. The average Bonchev–Trinajstić information content (AvgIpc) is 3.39. The number of ether oxygens (including phenoxy) is 1. The van der Waals surface area contributed by atoms with Crippen LogP contribution in [-0.2, 0) is 19.3 Å². The van der Waals surface area contributed by atoms with Crippen LogP contribution in [0.1, 0.15) is 5.56 Å². The number of para-hydroxylation sites is 1. The van der Waals surface area contributed by atoms with Crippen LogP contribution in [0.2, 0.25) is 0 Å². The Labute approximate surface area is 198 Å². The monoisotopic (exact) mass is 472 g/mol. The molecule has 2 aromatic heterocycles. The molecule has 1 aliphatic heterocycles. The van der Waals surface area contributed by atoms with Gasteiger partial charge in [-0.2, -0.15) is 0 Å². The number of nitrogens with zero attached hydrogens (tertiary/aromatic N) is 2. The van der Waals surface area contributed by atoms with Crippen LogP contribution in [0.15, 0.2) is 96.6 Å². The van der Waals surface area contributed by atoms with Gasteiger partial charge >= 0.3 is 7.12 Å². The van der Waals surface area contributed by atoms with E-state index >= 15 is 0 Å². The second-order valence-electron chi connectivity index (χ2n) is 7.91. The van der Waals surface area contributed by atoms with Crippen LogP contribution in [0.5, 0.6) is 5.75 Å². The summed E-state index contributed by atoms with van der Waals surface area (Å²) in [4.78, 5) is 4.68. The summed E-state index contributed by atoms with van der Waals surface area (Å²) < 4.78 is 45.3. The zero-order valence-corrected chi connectivity index (χ0v) is 19.5. The van der Waals surface area contributed by atoms with E-state index in [1.165, 1.54) is 10.2 Å². The van der Waals surface area contributed by atoms with Crippen molar-refractivity contribution in [3.8, 4) is 16.9 Å². The lowest BCUT2D eigenvalue weighted by atomic mass is 9.80. The molecule has 0 radical (unpaired) electrons. The zero-order valence-electron chi connectivity index (χ0n) is 18.7. The lowest BCUT2D eigenvalue weighted by molar-refractivity contribution is 0.416. The molecule has 0 saturated carbocycles. The van der Waals surface area contributed by atoms with Gasteiger partial charge in [-0.1, -0.05) is 49.1 Å². The summed E-state index contributed by atoms with van der Waals surface area (Å²) in [6, 6.07) is 15.9. The molecule has 0 N–H and O–H groups in total. The Morgan fingerprint density at radius 3 is 2.35 bits per heavy atom. The van der Waals surface area contributed by atoms with Crippen molar-refractivity contribution in [1.82, 2.24) is 8.96 Å². The minimum Gasteiger partial charge on any atom is -0.520 e. The van der Waals surface area contributed by atoms with Gasteiger partial charge in [-0.25, -0.2) is 17.4 Å². The maximum Gasteiger partial charge on any atom is 0.634 e. The highest BCUT2D eigenvalue weighted by Gasteiger charge is 2.36. The Balaban J connectivity index is 1.75. The van der Waals surface area contributed by atoms with Gasteiger partial charge in [0.1, 0.15) is 17.3 Å². The predicted octanol–water partition coefficient (Wildman–Crippen LogP) is 4.03. The summed E-state index contributed by atoms with van der Waals surface area (Å²) in [5, 5.41) is 0.605. The van der Waals surface area contributed by atoms with E-state index in [0.717, 1.165) is 11.1 Å². The fraction of sp³-hybridized carbons (Fsp3) is 0.0800. The molecule has 0 spiro atoms. The summed E-state index contributed by atoms with van der Waals surface area (Å²) in [7, 11) is -3.11. The quantitative estimate of drug-likeness (QED) is 0.408. The molecule has 0 atom stereocenters. The van der Waals surface area contributed by atoms with Crippen molar-refractivity contribution in [2.45, 2.75) is 11.8 Å². The van der Waals surface area contributed by atoms with E-state index in [1.54, 1.807) is 37.6 Å². The SMILES string of the molecule is C=C1OB(c2cnc3c(c2)c(-c2ccccc2OC)cn3S(=O)(=O)c2ccc(C)cc2)OC1=C. The normalized spacial score (nSPS) is 13.8. The van der Waals surface area contributed by atoms with Gasteiger partial charge in [0.05, 0.1) is 12.0 Å². The molecule has 2 aromatic carbocycles. The van der Waals surface area contributed by atoms with Crippen LogP contribution < -0.4 is 10.2 Å². The van der Waals surface area contributed by atoms with Crippen LogP contribution in [0, 0.1) is 6.92 Å². The summed E-state index contributed by atoms with van der Waals surface area (Å²) in [6.45, 7) is 9.44. The van der Waals surface area contributed by atoms with Gasteiger partial charge in [0.15, 0.2) is 5.65 Å². The van der Waals surface area contributed by atoms with Gasteiger partial charge < -0.3 is 14.0 Å². The highest BCUT2D eigenvalue weighted by atomic mass is 32.2. The largest absolute Gasteiger partial charge is 0.634 e. The van der Waals surface area contributed by atoms with Crippen molar-refractivity contribution in [1.29, 1.82) is 0 Å². The molecule has 1 fully saturated rings. The third-order valence-corrected chi connectivity index (χ3v) is 7.35. The van der Waals surface area contributed by atoms with Crippen molar-refractivity contribution in [3.05, 3.63) is 97.2 Å². The van der Waals surface area contributed by atoms with Gasteiger partial charge in [-0.05, 0) is 31.2 Å². The number of aromatic nitrogens is 2. The summed E-state index contributed by atoms with van der Waals surface area (Å²) in [5.74, 6) is 1.29. The van der Waals surface area contributed by atoms with Gasteiger partial charge in [0.2, 0.25) is 0 Å². The molecule has 34 heavy (non-hydrogen) atoms. The average molecular weight is 472 g/mol. The second kappa shape index (κ2) is 8.11. The number of pyridine rings is 1. The summed E-state index contributed by atoms with van der Waals surface area (Å²) >= 11 is 0. The maximum absolute atomic E-state index is 13.6. The van der Waals surface area contributed by atoms with E-state index in [-0.39, 0.29) is 10.5 Å². The lowest BCUT2D eigenvalue weighted by Gasteiger charge is -2.08. The molecule has 0 unspecified atom stereocenters. The number of methoxy groups -OCH3 is 1. The molecule has 9 heteroatoms. The van der Waals surface area contributed by atoms with Crippen LogP contribution >= 0.6 is 0 Å². The number of hydrogen-bond acceptors (Lipinski definition) is 6. The molecular formula is C25H21BN2O5S. The van der Waals surface area contributed by atoms with Gasteiger partial charge in [0.25, 0.3) is 10.0 Å². The van der Waals surface area contributed by atoms with Crippen molar-refractivity contribution >= 4 is 33.6 Å². The first kappa shape index (κ1) is 21.8. The van der Waals surface area contributed by atoms with Crippen molar-refractivity contribution < 1.29 is 22.5 Å². The second-order valence-corrected chi connectivity index (χ2v) is 9.73. The highest BCUT2D eigenvalue weighted by Crippen LogP contribution is 2.37. The van der Waals surface area contributed by atoms with Crippen LogP contribution in [0.4, 0.5) is 0 Å². The van der Waals surface area contributed by atoms with Crippen molar-refractivity contribution in [2.75, 3.05) is 7.11 Å². The van der Waals surface area contributed by atoms with Crippen molar-refractivity contribution in [2.24, 2.45) is 0 Å². The minimum atomic E-state index is -3.92. The van der Waals surface area contributed by atoms with Crippen LogP contribution in [-0.4, -0.2) is 31.6 Å². The van der Waals surface area contributed by atoms with Crippen LogP contribution in [0.25, 0.3) is 22.2 Å². The van der Waals surface area contributed by atoms with Gasteiger partial charge in [0, 0.05) is 34.4 Å². The van der Waals surface area contributed by atoms with E-state index in [1.807, 2.05) is 37.3 Å². The number of hydrogen-bond donors (Lipinski definition) is 0.